The molecular weight excluding hydrogens is 476 g/mol. The van der Waals surface area contributed by atoms with Crippen LogP contribution in [0.4, 0.5) is 5.69 Å². The lowest BCUT2D eigenvalue weighted by Gasteiger charge is -2.39. The van der Waals surface area contributed by atoms with Crippen molar-refractivity contribution in [2.45, 2.75) is 18.9 Å². The van der Waals surface area contributed by atoms with Crippen molar-refractivity contribution in [1.29, 1.82) is 0 Å². The second-order valence-electron chi connectivity index (χ2n) is 7.94. The van der Waals surface area contributed by atoms with Gasteiger partial charge in [-0.3, -0.25) is 9.59 Å². The molecule has 1 aliphatic rings. The van der Waals surface area contributed by atoms with Crippen LogP contribution in [0.1, 0.15) is 38.3 Å². The lowest BCUT2D eigenvalue weighted by atomic mass is 9.81. The zero-order valence-corrected chi connectivity index (χ0v) is 21.0. The molecule has 0 bridgehead atoms. The highest BCUT2D eigenvalue weighted by atomic mass is 35.5. The third-order valence-corrected chi connectivity index (χ3v) is 7.38. The Morgan fingerprint density at radius 2 is 1.74 bits per heavy atom. The fourth-order valence-electron chi connectivity index (χ4n) is 4.29. The summed E-state index contributed by atoms with van der Waals surface area (Å²) in [6.45, 7) is 1.85. The van der Waals surface area contributed by atoms with Crippen LogP contribution in [0.2, 0.25) is 5.02 Å². The van der Waals surface area contributed by atoms with Gasteiger partial charge in [0.2, 0.25) is 5.91 Å². The molecule has 1 aliphatic heterocycles. The number of benzene rings is 2. The zero-order chi connectivity index (χ0) is 24.6. The molecule has 0 aliphatic carbocycles. The number of thiophene rings is 1. The van der Waals surface area contributed by atoms with E-state index in [0.29, 0.717) is 39.1 Å². The van der Waals surface area contributed by atoms with Crippen molar-refractivity contribution in [3.63, 3.8) is 0 Å². The van der Waals surface area contributed by atoms with E-state index in [-0.39, 0.29) is 11.8 Å². The predicted octanol–water partition coefficient (Wildman–Crippen LogP) is 5.28. The Balaban J connectivity index is 1.87. The summed E-state index contributed by atoms with van der Waals surface area (Å²) in [7, 11) is 6.26. The van der Waals surface area contributed by atoms with Gasteiger partial charge >= 0.3 is 0 Å². The Bertz CT molecular complexity index is 1240. The minimum absolute atomic E-state index is 0.196. The average Bonchev–Trinajstić information content (AvgIpc) is 3.36. The maximum Gasteiger partial charge on any atom is 0.254 e. The molecule has 9 heteroatoms. The number of halogens is 1. The van der Waals surface area contributed by atoms with E-state index >= 15 is 0 Å². The van der Waals surface area contributed by atoms with E-state index in [0.717, 1.165) is 10.4 Å². The molecule has 2 amide bonds. The number of fused-ring (bicyclic) bond motifs is 1. The van der Waals surface area contributed by atoms with Gasteiger partial charge in [-0.25, -0.2) is 0 Å². The number of amides is 2. The fraction of sp³-hybridized carbons (Fsp3) is 0.280. The molecule has 0 fully saturated rings. The van der Waals surface area contributed by atoms with E-state index in [9.17, 15) is 9.59 Å². The van der Waals surface area contributed by atoms with Crippen LogP contribution in [-0.2, 0) is 4.79 Å². The predicted molar refractivity (Wildman–Crippen MR) is 133 cm³/mol. The first-order chi connectivity index (χ1) is 16.3. The summed E-state index contributed by atoms with van der Waals surface area (Å²) in [4.78, 5) is 29.8. The highest BCUT2D eigenvalue weighted by Gasteiger charge is 2.44. The van der Waals surface area contributed by atoms with Gasteiger partial charge in [-0.15, -0.1) is 11.3 Å². The van der Waals surface area contributed by atoms with Crippen molar-refractivity contribution in [2.24, 2.45) is 0 Å². The number of nitrogens with zero attached hydrogens (tertiary/aromatic N) is 1. The van der Waals surface area contributed by atoms with E-state index in [1.165, 1.54) is 32.7 Å². The molecule has 178 valence electrons. The number of hydrogen-bond donors (Lipinski definition) is 1. The van der Waals surface area contributed by atoms with Crippen LogP contribution >= 0.6 is 22.9 Å². The van der Waals surface area contributed by atoms with Gasteiger partial charge < -0.3 is 24.4 Å². The number of likely N-dealkylation sites (N-methyl/N-ethyl adjacent to an activating group) is 1. The number of aryl methyl sites for hydroxylation is 1. The van der Waals surface area contributed by atoms with Crippen LogP contribution in [0.25, 0.3) is 0 Å². The van der Waals surface area contributed by atoms with Crippen LogP contribution in [-0.4, -0.2) is 45.1 Å². The first kappa shape index (κ1) is 23.9. The van der Waals surface area contributed by atoms with Crippen LogP contribution in [0.15, 0.2) is 41.8 Å². The largest absolute Gasteiger partial charge is 0.495 e. The van der Waals surface area contributed by atoms with Crippen molar-refractivity contribution in [3.8, 4) is 17.2 Å². The van der Waals surface area contributed by atoms with E-state index in [2.05, 4.69) is 5.32 Å². The normalized spacial score (nSPS) is 17.2. The Morgan fingerprint density at radius 3 is 2.35 bits per heavy atom. The minimum atomic E-state index is -0.711. The molecule has 0 spiro atoms. The van der Waals surface area contributed by atoms with Gasteiger partial charge in [-0.1, -0.05) is 17.7 Å². The third-order valence-electron chi connectivity index (χ3n) is 6.03. The molecule has 7 nitrogen and oxygen atoms in total. The van der Waals surface area contributed by atoms with E-state index in [4.69, 9.17) is 25.8 Å². The number of anilines is 1. The molecule has 2 atom stereocenters. The van der Waals surface area contributed by atoms with Crippen LogP contribution in [0.5, 0.6) is 17.2 Å². The van der Waals surface area contributed by atoms with Gasteiger partial charge in [0.1, 0.15) is 5.75 Å². The molecular formula is C25H25ClN2O5S. The summed E-state index contributed by atoms with van der Waals surface area (Å²) in [6, 6.07) is 10.1. The highest BCUT2D eigenvalue weighted by molar-refractivity contribution is 7.10. The van der Waals surface area contributed by atoms with Crippen molar-refractivity contribution < 1.29 is 23.8 Å². The van der Waals surface area contributed by atoms with E-state index < -0.39 is 12.0 Å². The first-order valence-electron chi connectivity index (χ1n) is 10.5. The molecule has 0 unspecified atom stereocenters. The lowest BCUT2D eigenvalue weighted by molar-refractivity contribution is -0.119. The number of ether oxygens (including phenoxy) is 3. The molecule has 1 N–H and O–H groups in total. The third kappa shape index (κ3) is 4.08. The molecule has 0 saturated heterocycles. The van der Waals surface area contributed by atoms with Gasteiger partial charge in [0, 0.05) is 28.6 Å². The number of carbonyl (C=O) groups excluding carboxylic acids is 2. The monoisotopic (exact) mass is 500 g/mol. The Hall–Kier alpha value is -3.23. The lowest BCUT2D eigenvalue weighted by Crippen LogP contribution is -2.43. The second-order valence-corrected chi connectivity index (χ2v) is 9.33. The van der Waals surface area contributed by atoms with E-state index in [1.54, 1.807) is 36.2 Å². The topological polar surface area (TPSA) is 77.1 Å². The van der Waals surface area contributed by atoms with Crippen molar-refractivity contribution >= 4 is 40.4 Å². The summed E-state index contributed by atoms with van der Waals surface area (Å²) in [5.41, 5.74) is 2.27. The maximum atomic E-state index is 13.9. The highest BCUT2D eigenvalue weighted by Crippen LogP contribution is 2.47. The smallest absolute Gasteiger partial charge is 0.254 e. The van der Waals surface area contributed by atoms with E-state index in [1.807, 2.05) is 24.4 Å². The summed E-state index contributed by atoms with van der Waals surface area (Å²) >= 11 is 7.74. The average molecular weight is 501 g/mol. The quantitative estimate of drug-likeness (QED) is 0.498. The number of hydrogen-bond acceptors (Lipinski definition) is 6. The Labute approximate surface area is 207 Å². The Kier molecular flexibility index (Phi) is 6.72. The molecule has 0 radical (unpaired) electrons. The van der Waals surface area contributed by atoms with Crippen LogP contribution < -0.4 is 19.5 Å². The number of carbonyl (C=O) groups is 2. The van der Waals surface area contributed by atoms with Gasteiger partial charge in [-0.05, 0) is 47.7 Å². The van der Waals surface area contributed by atoms with Gasteiger partial charge in [0.05, 0.1) is 39.0 Å². The minimum Gasteiger partial charge on any atom is -0.495 e. The fourth-order valence-corrected chi connectivity index (χ4v) is 5.35. The summed E-state index contributed by atoms with van der Waals surface area (Å²) in [5, 5.41) is 5.47. The summed E-state index contributed by atoms with van der Waals surface area (Å²) in [5.74, 6) is 0.124. The maximum absolute atomic E-state index is 13.9. The molecule has 2 aromatic carbocycles. The number of nitrogens with one attached hydrogen (secondary N) is 1. The number of methoxy groups -OCH3 is 3. The van der Waals surface area contributed by atoms with Gasteiger partial charge in [-0.2, -0.15) is 0 Å². The van der Waals surface area contributed by atoms with Gasteiger partial charge in [0.15, 0.2) is 11.5 Å². The molecule has 4 rings (SSSR count). The van der Waals surface area contributed by atoms with Crippen molar-refractivity contribution in [1.82, 2.24) is 4.90 Å². The molecule has 1 aromatic heterocycles. The van der Waals surface area contributed by atoms with Crippen molar-refractivity contribution in [3.05, 3.63) is 68.4 Å². The molecule has 3 aromatic rings. The first-order valence-corrected chi connectivity index (χ1v) is 11.8. The molecule has 2 heterocycles. The van der Waals surface area contributed by atoms with Crippen LogP contribution in [0.3, 0.4) is 0 Å². The standard InChI is InChI=1S/C25H25ClN2O5S/c1-13-9-17(18(31-3)12-16(13)26)27-24(29)22-14-10-19(32-4)20(33-5)11-15(14)25(30)28(2)23(22)21-7-6-8-34-21/h6-12,22-23H,1-5H3,(H,27,29)/t22-,23-/m0/s1. The number of rotatable bonds is 6. The summed E-state index contributed by atoms with van der Waals surface area (Å²) in [6.07, 6.45) is 0. The summed E-state index contributed by atoms with van der Waals surface area (Å²) < 4.78 is 16.3. The van der Waals surface area contributed by atoms with Gasteiger partial charge in [0.25, 0.3) is 5.91 Å². The molecule has 0 saturated carbocycles. The van der Waals surface area contributed by atoms with Crippen LogP contribution in [0, 0.1) is 6.92 Å². The Morgan fingerprint density at radius 1 is 1.06 bits per heavy atom. The second kappa shape index (κ2) is 9.56. The van der Waals surface area contributed by atoms with Crippen molar-refractivity contribution in [2.75, 3.05) is 33.7 Å². The zero-order valence-electron chi connectivity index (χ0n) is 19.5. The SMILES string of the molecule is COc1cc(Cl)c(C)cc1NC(=O)[C@H]1c2cc(OC)c(OC)cc2C(=O)N(C)[C@H]1c1cccs1. The molecule has 34 heavy (non-hydrogen) atoms.